The van der Waals surface area contributed by atoms with Crippen molar-refractivity contribution in [1.29, 1.82) is 0 Å². The Balaban J connectivity index is 1.95. The molecule has 0 aromatic heterocycles. The quantitative estimate of drug-likeness (QED) is 0.449. The van der Waals surface area contributed by atoms with Crippen molar-refractivity contribution < 1.29 is 9.84 Å². The lowest BCUT2D eigenvalue weighted by Crippen LogP contribution is -2.23. The minimum Gasteiger partial charge on any atom is -0.504 e. The van der Waals surface area contributed by atoms with Gasteiger partial charge in [-0.05, 0) is 43.4 Å². The van der Waals surface area contributed by atoms with Gasteiger partial charge in [-0.15, -0.1) is 0 Å². The minimum atomic E-state index is 0.0526. The molecular formula is C16H17N3O2S. The Bertz CT molecular complexity index is 660. The Hall–Kier alpha value is -2.60. The van der Waals surface area contributed by atoms with Crippen LogP contribution >= 0.6 is 12.2 Å². The van der Waals surface area contributed by atoms with Crippen molar-refractivity contribution in [3.05, 3.63) is 54.1 Å². The van der Waals surface area contributed by atoms with Gasteiger partial charge in [0, 0.05) is 11.3 Å². The molecule has 0 amide bonds. The van der Waals surface area contributed by atoms with Crippen molar-refractivity contribution in [3.63, 3.8) is 0 Å². The highest BCUT2D eigenvalue weighted by Gasteiger charge is 2.05. The lowest BCUT2D eigenvalue weighted by Gasteiger charge is -2.08. The van der Waals surface area contributed by atoms with Crippen LogP contribution in [0.4, 0.5) is 5.69 Å². The smallest absolute Gasteiger partial charge is 0.191 e. The van der Waals surface area contributed by atoms with Gasteiger partial charge in [-0.2, -0.15) is 5.10 Å². The van der Waals surface area contributed by atoms with Crippen LogP contribution in [0.2, 0.25) is 0 Å². The summed E-state index contributed by atoms with van der Waals surface area (Å²) in [4.78, 5) is 0. The molecule has 6 heteroatoms. The Morgan fingerprint density at radius 2 is 2.00 bits per heavy atom. The molecule has 5 nitrogen and oxygen atoms in total. The van der Waals surface area contributed by atoms with E-state index in [4.69, 9.17) is 17.0 Å². The summed E-state index contributed by atoms with van der Waals surface area (Å²) in [5.41, 5.74) is 4.11. The molecule has 0 atom stereocenters. The van der Waals surface area contributed by atoms with Gasteiger partial charge in [0.15, 0.2) is 16.6 Å². The maximum atomic E-state index is 10.0. The summed E-state index contributed by atoms with van der Waals surface area (Å²) < 4.78 is 5.31. The van der Waals surface area contributed by atoms with E-state index in [1.165, 1.54) is 6.21 Å². The van der Waals surface area contributed by atoms with Crippen molar-refractivity contribution >= 4 is 29.2 Å². The molecule has 2 rings (SSSR count). The molecule has 114 valence electrons. The molecule has 0 fully saturated rings. The number of hydrogen-bond donors (Lipinski definition) is 3. The van der Waals surface area contributed by atoms with Crippen LogP contribution in [0.3, 0.4) is 0 Å². The van der Waals surface area contributed by atoms with E-state index in [9.17, 15) is 5.11 Å². The molecule has 2 aromatic carbocycles. The second-order valence-electron chi connectivity index (χ2n) is 4.32. The zero-order valence-corrected chi connectivity index (χ0v) is 12.9. The fraction of sp³-hybridized carbons (Fsp3) is 0.125. The number of thiocarbonyl (C=S) groups is 1. The third-order valence-electron chi connectivity index (χ3n) is 2.73. The molecule has 0 bridgehead atoms. The van der Waals surface area contributed by atoms with Crippen LogP contribution < -0.4 is 15.5 Å². The minimum absolute atomic E-state index is 0.0526. The predicted molar refractivity (Wildman–Crippen MR) is 92.7 cm³/mol. The number of hydrazone groups is 1. The number of rotatable bonds is 5. The number of nitrogens with one attached hydrogen (secondary N) is 2. The van der Waals surface area contributed by atoms with Gasteiger partial charge in [-0.25, -0.2) is 0 Å². The molecule has 0 aliphatic rings. The standard InChI is InChI=1S/C16H17N3O2S/c1-2-21-14-10-6-7-12(15(14)20)11-17-19-16(22)18-13-8-4-3-5-9-13/h3-11,20H,2H2,1H3,(H2,18,19,22)/b17-11+. The van der Waals surface area contributed by atoms with Crippen molar-refractivity contribution in [2.75, 3.05) is 11.9 Å². The topological polar surface area (TPSA) is 65.9 Å². The van der Waals surface area contributed by atoms with Crippen molar-refractivity contribution in [1.82, 2.24) is 5.43 Å². The molecule has 0 spiro atoms. The molecule has 0 aliphatic heterocycles. The van der Waals surface area contributed by atoms with Gasteiger partial charge in [0.1, 0.15) is 0 Å². The first kappa shape index (κ1) is 15.8. The summed E-state index contributed by atoms with van der Waals surface area (Å²) in [7, 11) is 0. The number of para-hydroxylation sites is 2. The number of aromatic hydroxyl groups is 1. The van der Waals surface area contributed by atoms with E-state index in [1.54, 1.807) is 18.2 Å². The Morgan fingerprint density at radius 1 is 1.23 bits per heavy atom. The molecule has 3 N–H and O–H groups in total. The van der Waals surface area contributed by atoms with E-state index >= 15 is 0 Å². The fourth-order valence-electron chi connectivity index (χ4n) is 1.76. The first-order valence-corrected chi connectivity index (χ1v) is 7.21. The molecule has 22 heavy (non-hydrogen) atoms. The Labute approximate surface area is 134 Å². The van der Waals surface area contributed by atoms with E-state index in [2.05, 4.69) is 15.8 Å². The summed E-state index contributed by atoms with van der Waals surface area (Å²) in [6.07, 6.45) is 1.48. The summed E-state index contributed by atoms with van der Waals surface area (Å²) in [6.45, 7) is 2.34. The normalized spacial score (nSPS) is 10.4. The second kappa shape index (κ2) is 7.99. The SMILES string of the molecule is CCOc1cccc(/C=N/NC(=S)Nc2ccccc2)c1O. The Kier molecular flexibility index (Phi) is 5.73. The van der Waals surface area contributed by atoms with Crippen LogP contribution in [0, 0.1) is 0 Å². The van der Waals surface area contributed by atoms with Crippen LogP contribution in [-0.2, 0) is 0 Å². The first-order valence-electron chi connectivity index (χ1n) is 6.80. The first-order chi connectivity index (χ1) is 10.7. The average Bonchev–Trinajstić information content (AvgIpc) is 2.52. The van der Waals surface area contributed by atoms with Gasteiger partial charge in [-0.3, -0.25) is 5.43 Å². The largest absolute Gasteiger partial charge is 0.504 e. The van der Waals surface area contributed by atoms with E-state index in [0.29, 0.717) is 23.0 Å². The second-order valence-corrected chi connectivity index (χ2v) is 4.73. The maximum absolute atomic E-state index is 10.0. The van der Waals surface area contributed by atoms with Crippen LogP contribution in [0.25, 0.3) is 0 Å². The summed E-state index contributed by atoms with van der Waals surface area (Å²) >= 11 is 5.13. The predicted octanol–water partition coefficient (Wildman–Crippen LogP) is 3.11. The maximum Gasteiger partial charge on any atom is 0.191 e. The van der Waals surface area contributed by atoms with Crippen LogP contribution in [0.5, 0.6) is 11.5 Å². The molecule has 0 aliphatic carbocycles. The number of anilines is 1. The van der Waals surface area contributed by atoms with Crippen LogP contribution in [0.1, 0.15) is 12.5 Å². The molecule has 0 heterocycles. The van der Waals surface area contributed by atoms with Crippen molar-refractivity contribution in [2.45, 2.75) is 6.92 Å². The van der Waals surface area contributed by atoms with Crippen molar-refractivity contribution in [3.8, 4) is 11.5 Å². The third kappa shape index (κ3) is 4.46. The Morgan fingerprint density at radius 3 is 2.73 bits per heavy atom. The number of phenolic OH excluding ortho intramolecular Hbond substituents is 1. The molecule has 0 saturated carbocycles. The van der Waals surface area contributed by atoms with Gasteiger partial charge >= 0.3 is 0 Å². The highest BCUT2D eigenvalue weighted by molar-refractivity contribution is 7.80. The zero-order valence-electron chi connectivity index (χ0n) is 12.1. The molecule has 2 aromatic rings. The van der Waals surface area contributed by atoms with Crippen LogP contribution in [-0.4, -0.2) is 23.0 Å². The summed E-state index contributed by atoms with van der Waals surface area (Å²) in [5, 5.41) is 17.4. The molecular weight excluding hydrogens is 298 g/mol. The van der Waals surface area contributed by atoms with Crippen LogP contribution in [0.15, 0.2) is 53.6 Å². The number of hydrogen-bond acceptors (Lipinski definition) is 4. The van der Waals surface area contributed by atoms with E-state index in [-0.39, 0.29) is 5.75 Å². The summed E-state index contributed by atoms with van der Waals surface area (Å²) in [5.74, 6) is 0.480. The van der Waals surface area contributed by atoms with E-state index in [0.717, 1.165) is 5.69 Å². The molecule has 0 unspecified atom stereocenters. The highest BCUT2D eigenvalue weighted by Crippen LogP contribution is 2.28. The number of phenols is 1. The van der Waals surface area contributed by atoms with Crippen molar-refractivity contribution in [2.24, 2.45) is 5.10 Å². The highest BCUT2D eigenvalue weighted by atomic mass is 32.1. The molecule has 0 radical (unpaired) electrons. The van der Waals surface area contributed by atoms with E-state index < -0.39 is 0 Å². The van der Waals surface area contributed by atoms with Gasteiger partial charge in [0.25, 0.3) is 0 Å². The zero-order chi connectivity index (χ0) is 15.8. The van der Waals surface area contributed by atoms with Gasteiger partial charge in [0.05, 0.1) is 12.8 Å². The van der Waals surface area contributed by atoms with Gasteiger partial charge in [-0.1, -0.05) is 24.3 Å². The monoisotopic (exact) mass is 315 g/mol. The van der Waals surface area contributed by atoms with Gasteiger partial charge < -0.3 is 15.2 Å². The number of nitrogens with zero attached hydrogens (tertiary/aromatic N) is 1. The number of ether oxygens (including phenoxy) is 1. The summed E-state index contributed by atoms with van der Waals surface area (Å²) in [6, 6.07) is 14.8. The lowest BCUT2D eigenvalue weighted by atomic mass is 10.2. The molecule has 0 saturated heterocycles. The third-order valence-corrected chi connectivity index (χ3v) is 2.92. The fourth-order valence-corrected chi connectivity index (χ4v) is 1.93. The van der Waals surface area contributed by atoms with E-state index in [1.807, 2.05) is 37.3 Å². The number of benzene rings is 2. The van der Waals surface area contributed by atoms with Gasteiger partial charge in [0.2, 0.25) is 0 Å². The lowest BCUT2D eigenvalue weighted by molar-refractivity contribution is 0.318. The average molecular weight is 315 g/mol.